The van der Waals surface area contributed by atoms with Crippen molar-refractivity contribution in [2.24, 2.45) is 0 Å². The van der Waals surface area contributed by atoms with E-state index in [0.29, 0.717) is 42.4 Å². The molecule has 0 aliphatic carbocycles. The number of hydrogen-bond donors (Lipinski definition) is 1. The van der Waals surface area contributed by atoms with Crippen LogP contribution in [0.3, 0.4) is 0 Å². The molecule has 8 nitrogen and oxygen atoms in total. The Morgan fingerprint density at radius 2 is 1.84 bits per heavy atom. The van der Waals surface area contributed by atoms with Gasteiger partial charge in [-0.25, -0.2) is 18.2 Å². The molecule has 1 amide bonds. The minimum Gasteiger partial charge on any atom is -0.487 e. The van der Waals surface area contributed by atoms with Crippen molar-refractivity contribution in [3.05, 3.63) is 40.3 Å². The predicted molar refractivity (Wildman–Crippen MR) is 117 cm³/mol. The predicted octanol–water partition coefficient (Wildman–Crippen LogP) is 3.34. The van der Waals surface area contributed by atoms with Crippen LogP contribution >= 0.6 is 11.3 Å². The summed E-state index contributed by atoms with van der Waals surface area (Å²) in [5.74, 6) is 0.534. The molecule has 1 fully saturated rings. The maximum absolute atomic E-state index is 12.2. The topological polar surface area (TPSA) is 106 Å². The molecule has 0 spiro atoms. The third-order valence-electron chi connectivity index (χ3n) is 4.83. The molecule has 10 heteroatoms. The van der Waals surface area contributed by atoms with Gasteiger partial charge in [0.1, 0.15) is 28.6 Å². The number of carbonyl (C=O) groups is 1. The number of carbonyl (C=O) groups excluding carboxylic acids is 1. The number of nitrogens with zero attached hydrogens (tertiary/aromatic N) is 2. The molecule has 3 rings (SSSR count). The fraction of sp³-hybridized carbons (Fsp3) is 0.524. The highest BCUT2D eigenvalue weighted by atomic mass is 32.2. The second-order valence-electron chi connectivity index (χ2n) is 8.68. The van der Waals surface area contributed by atoms with E-state index in [0.717, 1.165) is 6.26 Å². The Labute approximate surface area is 186 Å². The number of benzene rings is 1. The smallest absolute Gasteiger partial charge is 0.410 e. The zero-order valence-electron chi connectivity index (χ0n) is 18.1. The van der Waals surface area contributed by atoms with Crippen LogP contribution in [0.5, 0.6) is 5.75 Å². The molecule has 2 heterocycles. The molecule has 0 atom stereocenters. The van der Waals surface area contributed by atoms with Crippen molar-refractivity contribution in [3.63, 3.8) is 0 Å². The van der Waals surface area contributed by atoms with Crippen LogP contribution < -0.4 is 4.74 Å². The molecule has 31 heavy (non-hydrogen) atoms. The SMILES string of the molecule is CC(C)(C)OC(=O)N1CCC(O)(c2nc(COc3ccc(S(C)(=O)=O)cc3)cs2)CC1. The zero-order valence-corrected chi connectivity index (χ0v) is 19.8. The Hall–Kier alpha value is -2.17. The minimum atomic E-state index is -3.25. The van der Waals surface area contributed by atoms with Crippen molar-refractivity contribution in [2.75, 3.05) is 19.3 Å². The van der Waals surface area contributed by atoms with Gasteiger partial charge in [-0.1, -0.05) is 0 Å². The molecule has 0 unspecified atom stereocenters. The van der Waals surface area contributed by atoms with Crippen LogP contribution in [-0.2, 0) is 26.8 Å². The van der Waals surface area contributed by atoms with E-state index in [4.69, 9.17) is 9.47 Å². The lowest BCUT2D eigenvalue weighted by atomic mass is 9.92. The van der Waals surface area contributed by atoms with E-state index >= 15 is 0 Å². The van der Waals surface area contributed by atoms with Gasteiger partial charge in [-0.05, 0) is 45.0 Å². The van der Waals surface area contributed by atoms with Crippen LogP contribution in [-0.4, -0.2) is 54.4 Å². The Morgan fingerprint density at radius 1 is 1.23 bits per heavy atom. The Bertz CT molecular complexity index is 1020. The van der Waals surface area contributed by atoms with Gasteiger partial charge in [-0.3, -0.25) is 0 Å². The lowest BCUT2D eigenvalue weighted by molar-refractivity contribution is -0.0358. The second-order valence-corrected chi connectivity index (χ2v) is 11.5. The van der Waals surface area contributed by atoms with Crippen molar-refractivity contribution in [1.82, 2.24) is 9.88 Å². The molecule has 170 valence electrons. The number of likely N-dealkylation sites (tertiary alicyclic amines) is 1. The second kappa shape index (κ2) is 8.76. The lowest BCUT2D eigenvalue weighted by Crippen LogP contribution is -2.46. The number of aromatic nitrogens is 1. The lowest BCUT2D eigenvalue weighted by Gasteiger charge is -2.37. The standard InChI is InChI=1S/C21H28N2O6S2/c1-20(2,3)29-19(24)23-11-9-21(25,10-12-23)18-22-15(14-30-18)13-28-16-5-7-17(8-6-16)31(4,26)27/h5-8,14,25H,9-13H2,1-4H3. The largest absolute Gasteiger partial charge is 0.487 e. The van der Waals surface area contributed by atoms with E-state index in [1.54, 1.807) is 17.0 Å². The summed E-state index contributed by atoms with van der Waals surface area (Å²) in [5, 5.41) is 13.5. The number of sulfone groups is 1. The number of aliphatic hydroxyl groups is 1. The van der Waals surface area contributed by atoms with Crippen molar-refractivity contribution in [2.45, 2.75) is 56.3 Å². The molecule has 1 saturated heterocycles. The molecule has 0 radical (unpaired) electrons. The fourth-order valence-electron chi connectivity index (χ4n) is 3.13. The first-order chi connectivity index (χ1) is 14.4. The monoisotopic (exact) mass is 468 g/mol. The van der Waals surface area contributed by atoms with Crippen molar-refractivity contribution in [3.8, 4) is 5.75 Å². The van der Waals surface area contributed by atoms with Gasteiger partial charge >= 0.3 is 6.09 Å². The molecule has 0 bridgehead atoms. The fourth-order valence-corrected chi connectivity index (χ4v) is 4.72. The minimum absolute atomic E-state index is 0.203. The molecule has 2 aromatic rings. The van der Waals surface area contributed by atoms with Gasteiger partial charge in [0.2, 0.25) is 0 Å². The number of piperidine rings is 1. The molecule has 1 aliphatic rings. The Balaban J connectivity index is 1.56. The Morgan fingerprint density at radius 3 is 2.39 bits per heavy atom. The van der Waals surface area contributed by atoms with E-state index in [-0.39, 0.29) is 17.6 Å². The molecule has 1 aromatic carbocycles. The third-order valence-corrected chi connectivity index (χ3v) is 7.04. The van der Waals surface area contributed by atoms with Crippen LogP contribution in [0.4, 0.5) is 4.79 Å². The maximum Gasteiger partial charge on any atom is 0.410 e. The van der Waals surface area contributed by atoms with Gasteiger partial charge in [0, 0.05) is 37.6 Å². The third kappa shape index (κ3) is 6.18. The number of hydrogen-bond acceptors (Lipinski definition) is 8. The highest BCUT2D eigenvalue weighted by Crippen LogP contribution is 2.35. The number of thiazole rings is 1. The maximum atomic E-state index is 12.2. The molecule has 1 N–H and O–H groups in total. The first-order valence-corrected chi connectivity index (χ1v) is 12.7. The van der Waals surface area contributed by atoms with Crippen LogP contribution in [0, 0.1) is 0 Å². The first-order valence-electron chi connectivity index (χ1n) is 9.94. The summed E-state index contributed by atoms with van der Waals surface area (Å²) in [6.07, 6.45) is 1.55. The number of rotatable bonds is 5. The van der Waals surface area contributed by atoms with Crippen LogP contribution in [0.25, 0.3) is 0 Å². The summed E-state index contributed by atoms with van der Waals surface area (Å²) >= 11 is 1.36. The van der Waals surface area contributed by atoms with E-state index in [1.165, 1.54) is 23.5 Å². The van der Waals surface area contributed by atoms with Gasteiger partial charge < -0.3 is 19.5 Å². The zero-order chi connectivity index (χ0) is 22.9. The van der Waals surface area contributed by atoms with E-state index in [1.807, 2.05) is 26.2 Å². The van der Waals surface area contributed by atoms with E-state index in [2.05, 4.69) is 4.98 Å². The van der Waals surface area contributed by atoms with Gasteiger partial charge in [-0.2, -0.15) is 0 Å². The quantitative estimate of drug-likeness (QED) is 0.717. The molecule has 1 aliphatic heterocycles. The summed E-state index contributed by atoms with van der Waals surface area (Å²) < 4.78 is 34.1. The summed E-state index contributed by atoms with van der Waals surface area (Å²) in [7, 11) is -3.25. The average Bonchev–Trinajstić information content (AvgIpc) is 3.15. The molecule has 1 aromatic heterocycles. The van der Waals surface area contributed by atoms with Crippen LogP contribution in [0.15, 0.2) is 34.5 Å². The summed E-state index contributed by atoms with van der Waals surface area (Å²) in [6.45, 7) is 6.46. The summed E-state index contributed by atoms with van der Waals surface area (Å²) in [5.41, 5.74) is -0.964. The van der Waals surface area contributed by atoms with Crippen LogP contribution in [0.2, 0.25) is 0 Å². The van der Waals surface area contributed by atoms with Gasteiger partial charge in [0.05, 0.1) is 10.6 Å². The Kier molecular flexibility index (Phi) is 6.64. The van der Waals surface area contributed by atoms with Crippen molar-refractivity contribution in [1.29, 1.82) is 0 Å². The van der Waals surface area contributed by atoms with E-state index < -0.39 is 21.0 Å². The summed E-state index contributed by atoms with van der Waals surface area (Å²) in [4.78, 5) is 18.6. The highest BCUT2D eigenvalue weighted by Gasteiger charge is 2.39. The van der Waals surface area contributed by atoms with E-state index in [9.17, 15) is 18.3 Å². The molecular formula is C21H28N2O6S2. The number of amides is 1. The van der Waals surface area contributed by atoms with Gasteiger partial charge in [0.25, 0.3) is 0 Å². The van der Waals surface area contributed by atoms with Gasteiger partial charge in [-0.15, -0.1) is 11.3 Å². The summed E-state index contributed by atoms with van der Waals surface area (Å²) in [6, 6.07) is 6.20. The first kappa shape index (κ1) is 23.5. The number of ether oxygens (including phenoxy) is 2. The van der Waals surface area contributed by atoms with Crippen molar-refractivity contribution < 1.29 is 27.8 Å². The average molecular weight is 469 g/mol. The van der Waals surface area contributed by atoms with Gasteiger partial charge in [0.15, 0.2) is 9.84 Å². The van der Waals surface area contributed by atoms with Crippen molar-refractivity contribution >= 4 is 27.3 Å². The highest BCUT2D eigenvalue weighted by molar-refractivity contribution is 7.90. The molecule has 0 saturated carbocycles. The van der Waals surface area contributed by atoms with Crippen LogP contribution in [0.1, 0.15) is 44.3 Å². The molecular weight excluding hydrogens is 440 g/mol. The normalized spacial score (nSPS) is 16.7.